The van der Waals surface area contributed by atoms with Crippen LogP contribution in [0.15, 0.2) is 18.2 Å². The highest BCUT2D eigenvalue weighted by Gasteiger charge is 2.34. The Kier molecular flexibility index (Phi) is 4.67. The van der Waals surface area contributed by atoms with Crippen molar-refractivity contribution in [2.75, 3.05) is 14.2 Å². The summed E-state index contributed by atoms with van der Waals surface area (Å²) in [5.74, 6) is -0.655. The van der Waals surface area contributed by atoms with Crippen molar-refractivity contribution in [1.82, 2.24) is 5.32 Å². The first-order chi connectivity index (χ1) is 10.1. The molecule has 0 aromatic heterocycles. The fraction of sp³-hybridized carbons (Fsp3) is 0.467. The highest BCUT2D eigenvalue weighted by Crippen LogP contribution is 2.29. The lowest BCUT2D eigenvalue weighted by molar-refractivity contribution is -0.142. The molecule has 21 heavy (non-hydrogen) atoms. The third-order valence-corrected chi connectivity index (χ3v) is 3.80. The molecule has 0 spiro atoms. The number of benzene rings is 1. The largest absolute Gasteiger partial charge is 0.493 e. The zero-order chi connectivity index (χ0) is 15.4. The van der Waals surface area contributed by atoms with E-state index in [4.69, 9.17) is 14.6 Å². The van der Waals surface area contributed by atoms with Gasteiger partial charge in [0.05, 0.1) is 20.1 Å². The average Bonchev–Trinajstić information content (AvgIpc) is 2.94. The van der Waals surface area contributed by atoms with Crippen LogP contribution in [-0.4, -0.2) is 37.2 Å². The van der Waals surface area contributed by atoms with E-state index in [0.717, 1.165) is 6.42 Å². The van der Waals surface area contributed by atoms with Crippen LogP contribution in [0.1, 0.15) is 29.6 Å². The second kappa shape index (κ2) is 6.47. The van der Waals surface area contributed by atoms with Gasteiger partial charge in [0.2, 0.25) is 0 Å². The number of carboxylic acids is 1. The van der Waals surface area contributed by atoms with Crippen molar-refractivity contribution < 1.29 is 24.2 Å². The highest BCUT2D eigenvalue weighted by molar-refractivity contribution is 5.95. The minimum Gasteiger partial charge on any atom is -0.493 e. The highest BCUT2D eigenvalue weighted by atomic mass is 16.5. The molecule has 1 aliphatic carbocycles. The summed E-state index contributed by atoms with van der Waals surface area (Å²) in [7, 11) is 3.02. The molecular weight excluding hydrogens is 274 g/mol. The number of rotatable bonds is 5. The minimum absolute atomic E-state index is 0.297. The molecule has 0 unspecified atom stereocenters. The van der Waals surface area contributed by atoms with Crippen LogP contribution in [-0.2, 0) is 4.79 Å². The average molecular weight is 293 g/mol. The number of hydrogen-bond acceptors (Lipinski definition) is 4. The number of aliphatic carboxylic acids is 1. The van der Waals surface area contributed by atoms with Gasteiger partial charge >= 0.3 is 5.97 Å². The third kappa shape index (κ3) is 3.26. The molecule has 0 aliphatic heterocycles. The van der Waals surface area contributed by atoms with Gasteiger partial charge in [-0.2, -0.15) is 0 Å². The molecule has 1 aliphatic rings. The van der Waals surface area contributed by atoms with E-state index in [9.17, 15) is 9.59 Å². The number of amides is 1. The van der Waals surface area contributed by atoms with Gasteiger partial charge in [0.1, 0.15) is 0 Å². The fourth-order valence-electron chi connectivity index (χ4n) is 2.66. The van der Waals surface area contributed by atoms with Gasteiger partial charge in [0, 0.05) is 11.6 Å². The van der Waals surface area contributed by atoms with Crippen molar-refractivity contribution in [3.63, 3.8) is 0 Å². The lowest BCUT2D eigenvalue weighted by Crippen LogP contribution is -2.40. The standard InChI is InChI=1S/C15H19NO5/c1-20-12-7-6-9(8-13(12)21-2)14(17)16-11-5-3-4-10(11)15(18)19/h6-8,10-11H,3-5H2,1-2H3,(H,16,17)(H,18,19)/t10-,11+/m0/s1. The molecule has 0 saturated heterocycles. The monoisotopic (exact) mass is 293 g/mol. The number of ether oxygens (including phenoxy) is 2. The molecule has 1 saturated carbocycles. The summed E-state index contributed by atoms with van der Waals surface area (Å²) < 4.78 is 10.3. The van der Waals surface area contributed by atoms with E-state index in [2.05, 4.69) is 5.32 Å². The molecule has 0 heterocycles. The maximum atomic E-state index is 12.2. The van der Waals surface area contributed by atoms with Gasteiger partial charge < -0.3 is 19.9 Å². The van der Waals surface area contributed by atoms with Gasteiger partial charge in [-0.15, -0.1) is 0 Å². The Morgan fingerprint density at radius 3 is 2.52 bits per heavy atom. The van der Waals surface area contributed by atoms with Crippen LogP contribution in [0.5, 0.6) is 11.5 Å². The topological polar surface area (TPSA) is 84.9 Å². The summed E-state index contributed by atoms with van der Waals surface area (Å²) in [4.78, 5) is 23.4. The molecule has 6 heteroatoms. The second-order valence-corrected chi connectivity index (χ2v) is 5.03. The number of carbonyl (C=O) groups excluding carboxylic acids is 1. The van der Waals surface area contributed by atoms with E-state index in [-0.39, 0.29) is 11.9 Å². The lowest BCUT2D eigenvalue weighted by atomic mass is 10.0. The molecule has 6 nitrogen and oxygen atoms in total. The molecule has 1 fully saturated rings. The van der Waals surface area contributed by atoms with Gasteiger partial charge in [-0.25, -0.2) is 0 Å². The Morgan fingerprint density at radius 1 is 1.19 bits per heavy atom. The number of methoxy groups -OCH3 is 2. The number of hydrogen-bond donors (Lipinski definition) is 2. The van der Waals surface area contributed by atoms with Crippen molar-refractivity contribution in [2.45, 2.75) is 25.3 Å². The maximum Gasteiger partial charge on any atom is 0.308 e. The summed E-state index contributed by atoms with van der Waals surface area (Å²) in [6, 6.07) is 4.54. The number of carboxylic acid groups (broad SMARTS) is 1. The zero-order valence-corrected chi connectivity index (χ0v) is 12.1. The first-order valence-electron chi connectivity index (χ1n) is 6.82. The second-order valence-electron chi connectivity index (χ2n) is 5.03. The summed E-state index contributed by atoms with van der Waals surface area (Å²) >= 11 is 0. The summed E-state index contributed by atoms with van der Waals surface area (Å²) in [6.07, 6.45) is 2.11. The van der Waals surface area contributed by atoms with Crippen LogP contribution in [0.2, 0.25) is 0 Å². The van der Waals surface area contributed by atoms with Crippen molar-refractivity contribution in [2.24, 2.45) is 5.92 Å². The molecule has 0 radical (unpaired) electrons. The van der Waals surface area contributed by atoms with Crippen molar-refractivity contribution >= 4 is 11.9 Å². The van der Waals surface area contributed by atoms with Gasteiger partial charge in [-0.05, 0) is 31.0 Å². The first kappa shape index (κ1) is 15.2. The first-order valence-corrected chi connectivity index (χ1v) is 6.82. The van der Waals surface area contributed by atoms with E-state index < -0.39 is 11.9 Å². The quantitative estimate of drug-likeness (QED) is 0.863. The molecule has 0 bridgehead atoms. The van der Waals surface area contributed by atoms with E-state index in [0.29, 0.717) is 29.9 Å². The Labute approximate surface area is 123 Å². The van der Waals surface area contributed by atoms with Crippen LogP contribution in [0.3, 0.4) is 0 Å². The summed E-state index contributed by atoms with van der Waals surface area (Å²) in [5, 5.41) is 11.9. The molecule has 2 atom stereocenters. The lowest BCUT2D eigenvalue weighted by Gasteiger charge is -2.18. The van der Waals surface area contributed by atoms with Gasteiger partial charge in [0.15, 0.2) is 11.5 Å². The van der Waals surface area contributed by atoms with Gasteiger partial charge in [-0.1, -0.05) is 6.42 Å². The molecule has 114 valence electrons. The molecule has 1 aromatic rings. The Bertz CT molecular complexity index is 543. The smallest absolute Gasteiger partial charge is 0.308 e. The molecule has 2 N–H and O–H groups in total. The van der Waals surface area contributed by atoms with E-state index in [1.54, 1.807) is 18.2 Å². The predicted molar refractivity (Wildman–Crippen MR) is 75.8 cm³/mol. The Hall–Kier alpha value is -2.24. The van der Waals surface area contributed by atoms with E-state index in [1.807, 2.05) is 0 Å². The Morgan fingerprint density at radius 2 is 1.90 bits per heavy atom. The molecular formula is C15H19NO5. The van der Waals surface area contributed by atoms with E-state index >= 15 is 0 Å². The number of nitrogens with one attached hydrogen (secondary N) is 1. The van der Waals surface area contributed by atoms with Crippen LogP contribution >= 0.6 is 0 Å². The predicted octanol–water partition coefficient (Wildman–Crippen LogP) is 1.69. The SMILES string of the molecule is COc1ccc(C(=O)N[C@@H]2CCC[C@@H]2C(=O)O)cc1OC. The molecule has 1 amide bonds. The van der Waals surface area contributed by atoms with E-state index in [1.165, 1.54) is 14.2 Å². The zero-order valence-electron chi connectivity index (χ0n) is 12.1. The maximum absolute atomic E-state index is 12.2. The normalized spacial score (nSPS) is 20.9. The minimum atomic E-state index is -0.856. The molecule has 1 aromatic carbocycles. The van der Waals surface area contributed by atoms with Crippen LogP contribution in [0, 0.1) is 5.92 Å². The van der Waals surface area contributed by atoms with Crippen LogP contribution in [0.4, 0.5) is 0 Å². The van der Waals surface area contributed by atoms with Gasteiger partial charge in [0.25, 0.3) is 5.91 Å². The van der Waals surface area contributed by atoms with Gasteiger partial charge in [-0.3, -0.25) is 9.59 Å². The Balaban J connectivity index is 2.11. The third-order valence-electron chi connectivity index (χ3n) is 3.80. The molecule has 2 rings (SSSR count). The summed E-state index contributed by atoms with van der Waals surface area (Å²) in [5.41, 5.74) is 0.420. The van der Waals surface area contributed by atoms with Crippen molar-refractivity contribution in [1.29, 1.82) is 0 Å². The van der Waals surface area contributed by atoms with Crippen LogP contribution in [0.25, 0.3) is 0 Å². The van der Waals surface area contributed by atoms with Crippen LogP contribution < -0.4 is 14.8 Å². The fourth-order valence-corrected chi connectivity index (χ4v) is 2.66. The van der Waals surface area contributed by atoms with Crippen molar-refractivity contribution in [3.05, 3.63) is 23.8 Å². The summed E-state index contributed by atoms with van der Waals surface area (Å²) in [6.45, 7) is 0. The number of carbonyl (C=O) groups is 2. The van der Waals surface area contributed by atoms with Crippen molar-refractivity contribution in [3.8, 4) is 11.5 Å².